The summed E-state index contributed by atoms with van der Waals surface area (Å²) in [4.78, 5) is 68.8. The largest absolute Gasteiger partial charge is 0.503 e. The number of anilines is 1. The Bertz CT molecular complexity index is 2590. The fraction of sp³-hybridized carbons (Fsp3) is 0.476. The van der Waals surface area contributed by atoms with Crippen molar-refractivity contribution in [3.8, 4) is 17.3 Å². The number of piperidine rings is 1. The highest BCUT2D eigenvalue weighted by Crippen LogP contribution is 2.57. The van der Waals surface area contributed by atoms with Crippen molar-refractivity contribution in [2.24, 2.45) is 12.5 Å². The summed E-state index contributed by atoms with van der Waals surface area (Å²) in [5, 5.41) is 18.7. The van der Waals surface area contributed by atoms with Gasteiger partial charge in [-0.05, 0) is 99.6 Å². The van der Waals surface area contributed by atoms with E-state index in [1.165, 1.54) is 4.57 Å². The molecule has 5 aromatic rings. The quantitative estimate of drug-likeness (QED) is 0.128. The number of piperazine rings is 1. The Hall–Kier alpha value is -6.11. The highest BCUT2D eigenvalue weighted by Gasteiger charge is 2.51. The molecule has 320 valence electrons. The Morgan fingerprint density at radius 1 is 0.967 bits per heavy atom. The molecule has 1 atom stereocenters. The third-order valence-corrected chi connectivity index (χ3v) is 13.4. The van der Waals surface area contributed by atoms with E-state index >= 15 is 0 Å². The molecule has 5 fully saturated rings. The topological polar surface area (TPSA) is 194 Å². The van der Waals surface area contributed by atoms with Gasteiger partial charge in [0.2, 0.25) is 23.6 Å². The Morgan fingerprint density at radius 2 is 1.72 bits per heavy atom. The third kappa shape index (κ3) is 7.41. The average Bonchev–Trinajstić information content (AvgIpc) is 3.88. The van der Waals surface area contributed by atoms with Crippen molar-refractivity contribution in [2.75, 3.05) is 44.2 Å². The van der Waals surface area contributed by atoms with Crippen LogP contribution in [0.2, 0.25) is 0 Å². The summed E-state index contributed by atoms with van der Waals surface area (Å²) < 4.78 is 50.8. The number of hydrogen-bond donors (Lipinski definition) is 3. The van der Waals surface area contributed by atoms with Gasteiger partial charge >= 0.3 is 5.69 Å². The number of aromatic nitrogens is 6. The lowest BCUT2D eigenvalue weighted by Crippen LogP contribution is -2.49. The first-order chi connectivity index (χ1) is 29.3. The van der Waals surface area contributed by atoms with E-state index in [0.29, 0.717) is 41.4 Å². The van der Waals surface area contributed by atoms with Crippen molar-refractivity contribution in [3.05, 3.63) is 81.4 Å². The molecule has 16 nitrogen and oxygen atoms in total. The molecule has 0 radical (unpaired) electrons. The minimum atomic E-state index is -1.80. The van der Waals surface area contributed by atoms with Crippen LogP contribution in [0.5, 0.6) is 5.75 Å². The Balaban J connectivity index is 0.763. The molecule has 5 heterocycles. The molecular formula is C42H45F3N10O6. The zero-order valence-corrected chi connectivity index (χ0v) is 33.6. The number of aryl methyl sites for hydroxylation is 2. The molecule has 1 unspecified atom stereocenters. The van der Waals surface area contributed by atoms with Crippen LogP contribution in [0.1, 0.15) is 85.6 Å². The van der Waals surface area contributed by atoms with E-state index in [0.717, 1.165) is 95.2 Å². The fourth-order valence-corrected chi connectivity index (χ4v) is 9.61. The van der Waals surface area contributed by atoms with Crippen LogP contribution in [0.15, 0.2) is 45.8 Å². The summed E-state index contributed by atoms with van der Waals surface area (Å²) in [7, 11) is 1.70. The van der Waals surface area contributed by atoms with Crippen LogP contribution in [-0.4, -0.2) is 96.2 Å². The van der Waals surface area contributed by atoms with Gasteiger partial charge in [0.05, 0.1) is 16.6 Å². The number of phenolic OH excluding ortho intramolecular Hbond substituents is 1. The first kappa shape index (κ1) is 40.3. The summed E-state index contributed by atoms with van der Waals surface area (Å²) in [5.74, 6) is -6.47. The molecule has 2 bridgehead atoms. The lowest BCUT2D eigenvalue weighted by atomic mass is 9.53. The average molecular weight is 843 g/mol. The van der Waals surface area contributed by atoms with E-state index in [4.69, 9.17) is 14.5 Å². The first-order valence-electron chi connectivity index (χ1n) is 20.7. The molecule has 2 aromatic carbocycles. The summed E-state index contributed by atoms with van der Waals surface area (Å²) in [5.41, 5.74) is 1.43. The number of benzene rings is 2. The van der Waals surface area contributed by atoms with Crippen LogP contribution in [0.4, 0.5) is 19.1 Å². The van der Waals surface area contributed by atoms with Crippen LogP contribution < -0.4 is 21.2 Å². The normalized spacial score (nSPS) is 23.1. The van der Waals surface area contributed by atoms with Crippen LogP contribution in [0, 0.1) is 22.9 Å². The minimum Gasteiger partial charge on any atom is -0.503 e. The van der Waals surface area contributed by atoms with Crippen molar-refractivity contribution in [2.45, 2.75) is 75.7 Å². The van der Waals surface area contributed by atoms with E-state index in [2.05, 4.69) is 30.6 Å². The second kappa shape index (κ2) is 15.7. The number of amides is 3. The van der Waals surface area contributed by atoms with Gasteiger partial charge in [0.1, 0.15) is 11.7 Å². The molecular weight excluding hydrogens is 798 g/mol. The number of halogens is 3. The number of nitrogens with one attached hydrogen (secondary N) is 2. The fourth-order valence-electron chi connectivity index (χ4n) is 9.61. The zero-order valence-electron chi connectivity index (χ0n) is 33.6. The molecule has 10 rings (SSSR count). The Labute approximate surface area is 347 Å². The Kier molecular flexibility index (Phi) is 10.4. The van der Waals surface area contributed by atoms with Crippen molar-refractivity contribution in [3.63, 3.8) is 0 Å². The number of rotatable bonds is 11. The molecule has 19 heteroatoms. The second-order valence-corrected chi connectivity index (χ2v) is 16.9. The maximum absolute atomic E-state index is 14.3. The number of aromatic hydroxyl groups is 1. The van der Waals surface area contributed by atoms with Gasteiger partial charge in [-0.1, -0.05) is 11.2 Å². The second-order valence-electron chi connectivity index (χ2n) is 16.9. The summed E-state index contributed by atoms with van der Waals surface area (Å²) in [6.07, 6.45) is 8.37. The minimum absolute atomic E-state index is 0.196. The lowest BCUT2D eigenvalue weighted by Gasteiger charge is -2.52. The molecule has 61 heavy (non-hydrogen) atoms. The lowest BCUT2D eigenvalue weighted by molar-refractivity contribution is -0.135. The smallest absolute Gasteiger partial charge is 0.329 e. The highest BCUT2D eigenvalue weighted by atomic mass is 19.2. The van der Waals surface area contributed by atoms with E-state index in [9.17, 15) is 37.5 Å². The maximum Gasteiger partial charge on any atom is 0.329 e. The number of nitrogens with zero attached hydrogens (tertiary/aromatic N) is 8. The number of phenols is 1. The third-order valence-electron chi connectivity index (χ3n) is 13.4. The molecule has 3 aliphatic carbocycles. The number of imide groups is 1. The highest BCUT2D eigenvalue weighted by molar-refractivity contribution is 6.00. The van der Waals surface area contributed by atoms with Gasteiger partial charge in [-0.3, -0.25) is 33.7 Å². The van der Waals surface area contributed by atoms with E-state index < -0.39 is 46.6 Å². The number of hydrogen-bond acceptors (Lipinski definition) is 12. The van der Waals surface area contributed by atoms with Crippen LogP contribution in [0.3, 0.4) is 0 Å². The molecule has 2 saturated heterocycles. The van der Waals surface area contributed by atoms with Crippen molar-refractivity contribution >= 4 is 34.7 Å². The zero-order chi connectivity index (χ0) is 42.6. The standard InChI is InChI=1S/C42H45F3N10O6/c1-52-30-21-24(4-5-28(30)55(40(52)60)29-6-7-31(56)49-36(29)59)3-2-16-53-17-19-54(20-18-53)39-46-15-8-27(48-39)37-50-38(51-61-37)42-12-9-41(10-13-42,11-14-42)23-47-35(58)25-22-26(43)34(57)33(45)32(25)44/h4-5,8,15,21-22,29,57H,2-3,6-7,9-14,16-20,23H2,1H3,(H,47,58)(H,49,56,59)/t29?,41-,42+. The van der Waals surface area contributed by atoms with Crippen LogP contribution in [0.25, 0.3) is 22.6 Å². The van der Waals surface area contributed by atoms with Crippen molar-refractivity contribution in [1.82, 2.24) is 44.8 Å². The number of fused-ring (bicyclic) bond motifs is 4. The summed E-state index contributed by atoms with van der Waals surface area (Å²) >= 11 is 0. The molecule has 2 aliphatic heterocycles. The van der Waals surface area contributed by atoms with Crippen LogP contribution in [-0.2, 0) is 28.5 Å². The SMILES string of the molecule is Cn1c(=O)n(C2CCC(=O)NC2=O)c2ccc(CCCN3CCN(c4nccc(-c5nc([C@]67CC[C@](CNC(=O)c8cc(F)c(O)c(F)c8F)(CC6)CC7)no5)n4)CC3)cc21. The van der Waals surface area contributed by atoms with Gasteiger partial charge in [-0.25, -0.2) is 23.5 Å². The molecule has 3 saturated carbocycles. The number of carbonyl (C=O) groups excluding carboxylic acids is 3. The van der Waals surface area contributed by atoms with E-state index in [1.807, 2.05) is 18.2 Å². The molecule has 5 aliphatic rings. The number of imidazole rings is 1. The van der Waals surface area contributed by atoms with Gasteiger partial charge in [-0.15, -0.1) is 0 Å². The monoisotopic (exact) mass is 842 g/mol. The van der Waals surface area contributed by atoms with Crippen molar-refractivity contribution in [1.29, 1.82) is 0 Å². The van der Waals surface area contributed by atoms with Gasteiger partial charge in [-0.2, -0.15) is 9.37 Å². The van der Waals surface area contributed by atoms with Crippen molar-refractivity contribution < 1.29 is 37.2 Å². The Morgan fingerprint density at radius 3 is 2.46 bits per heavy atom. The number of carbonyl (C=O) groups is 3. The van der Waals surface area contributed by atoms with Gasteiger partial charge < -0.3 is 19.8 Å². The predicted octanol–water partition coefficient (Wildman–Crippen LogP) is 4.06. The molecule has 0 spiro atoms. The van der Waals surface area contributed by atoms with Crippen LogP contribution >= 0.6 is 0 Å². The molecule has 3 N–H and O–H groups in total. The van der Waals surface area contributed by atoms with Gasteiger partial charge in [0.25, 0.3) is 11.8 Å². The molecule has 3 amide bonds. The summed E-state index contributed by atoms with van der Waals surface area (Å²) in [6, 6.07) is 7.44. The summed E-state index contributed by atoms with van der Waals surface area (Å²) in [6.45, 7) is 4.26. The van der Waals surface area contributed by atoms with E-state index in [1.54, 1.807) is 23.9 Å². The first-order valence-corrected chi connectivity index (χ1v) is 20.7. The maximum atomic E-state index is 14.3. The van der Waals surface area contributed by atoms with E-state index in [-0.39, 0.29) is 35.4 Å². The molecule has 3 aromatic heterocycles. The predicted molar refractivity (Wildman–Crippen MR) is 213 cm³/mol. The van der Waals surface area contributed by atoms with Gasteiger partial charge in [0, 0.05) is 57.8 Å². The van der Waals surface area contributed by atoms with Gasteiger partial charge in [0.15, 0.2) is 23.2 Å².